The Balaban J connectivity index is 2.38. The summed E-state index contributed by atoms with van der Waals surface area (Å²) in [7, 11) is 4.31. The first kappa shape index (κ1) is 13.6. The lowest BCUT2D eigenvalue weighted by atomic mass is 10.1. The van der Waals surface area contributed by atoms with Crippen LogP contribution < -0.4 is 0 Å². The van der Waals surface area contributed by atoms with Gasteiger partial charge in [-0.05, 0) is 27.4 Å². The molecule has 1 N–H and O–H groups in total. The van der Waals surface area contributed by atoms with Crippen LogP contribution in [0, 0.1) is 11.6 Å². The van der Waals surface area contributed by atoms with Crippen molar-refractivity contribution < 1.29 is 0 Å². The van der Waals surface area contributed by atoms with Gasteiger partial charge in [-0.2, -0.15) is 0 Å². The predicted octanol–water partition coefficient (Wildman–Crippen LogP) is 1.93. The van der Waals surface area contributed by atoms with Crippen LogP contribution in [0.15, 0.2) is 0 Å². The molecule has 1 unspecified atom stereocenters. The van der Waals surface area contributed by atoms with Gasteiger partial charge in [0.05, 0.1) is 6.04 Å². The summed E-state index contributed by atoms with van der Waals surface area (Å²) in [4.78, 5) is 12.8. The molecule has 0 radical (unpaired) electrons. The third kappa shape index (κ3) is 2.63. The van der Waals surface area contributed by atoms with E-state index >= 15 is 0 Å². The maximum absolute atomic E-state index is 5.37. The van der Waals surface area contributed by atoms with E-state index in [4.69, 9.17) is 12.2 Å². The zero-order valence-electron chi connectivity index (χ0n) is 11.7. The highest BCUT2D eigenvalue weighted by Crippen LogP contribution is 2.21. The van der Waals surface area contributed by atoms with E-state index in [-0.39, 0.29) is 0 Å². The van der Waals surface area contributed by atoms with Crippen molar-refractivity contribution in [1.82, 2.24) is 19.8 Å². The number of aryl methyl sites for hydroxylation is 1. The van der Waals surface area contributed by atoms with Crippen molar-refractivity contribution >= 4 is 12.2 Å². The molecule has 1 fully saturated rings. The van der Waals surface area contributed by atoms with E-state index in [2.05, 4.69) is 40.8 Å². The van der Waals surface area contributed by atoms with Crippen LogP contribution in [-0.2, 0) is 6.42 Å². The lowest BCUT2D eigenvalue weighted by Crippen LogP contribution is -2.45. The summed E-state index contributed by atoms with van der Waals surface area (Å²) in [5.41, 5.74) is 2.33. The average Bonchev–Trinajstić information content (AvgIpc) is 2.35. The van der Waals surface area contributed by atoms with E-state index in [0.717, 1.165) is 42.1 Å². The second-order valence-electron chi connectivity index (χ2n) is 5.14. The zero-order valence-corrected chi connectivity index (χ0v) is 12.5. The molecule has 1 atom stereocenters. The number of hydrogen-bond donors (Lipinski definition) is 1. The third-order valence-electron chi connectivity index (χ3n) is 3.79. The van der Waals surface area contributed by atoms with Crippen molar-refractivity contribution in [2.75, 3.05) is 33.7 Å². The monoisotopic (exact) mass is 266 g/mol. The normalized spacial score (nSPS) is 22.3. The Bertz CT molecular complexity index is 482. The van der Waals surface area contributed by atoms with Gasteiger partial charge in [0.1, 0.15) is 10.5 Å². The van der Waals surface area contributed by atoms with E-state index in [0.29, 0.717) is 6.04 Å². The number of nitrogens with one attached hydrogen (secondary N) is 1. The van der Waals surface area contributed by atoms with Crippen LogP contribution in [0.2, 0.25) is 0 Å². The van der Waals surface area contributed by atoms with Gasteiger partial charge in [-0.25, -0.2) is 4.98 Å². The second-order valence-corrected chi connectivity index (χ2v) is 5.53. The van der Waals surface area contributed by atoms with Crippen LogP contribution >= 0.6 is 12.2 Å². The van der Waals surface area contributed by atoms with Gasteiger partial charge >= 0.3 is 0 Å². The summed E-state index contributed by atoms with van der Waals surface area (Å²) in [6.45, 7) is 7.37. The van der Waals surface area contributed by atoms with Crippen LogP contribution in [0.1, 0.15) is 30.0 Å². The molecular weight excluding hydrogens is 244 g/mol. The molecule has 100 valence electrons. The summed E-state index contributed by atoms with van der Waals surface area (Å²) >= 11 is 5.37. The fourth-order valence-electron chi connectivity index (χ4n) is 2.42. The Labute approximate surface area is 114 Å². The first-order valence-electron chi connectivity index (χ1n) is 6.51. The summed E-state index contributed by atoms with van der Waals surface area (Å²) in [6.07, 6.45) is 0.970. The number of aromatic amines is 1. The summed E-state index contributed by atoms with van der Waals surface area (Å²) in [5, 5.41) is 0. The van der Waals surface area contributed by atoms with Gasteiger partial charge in [-0.3, -0.25) is 4.90 Å². The fraction of sp³-hybridized carbons (Fsp3) is 0.692. The number of H-pyrrole nitrogens is 1. The SMILES string of the molecule is CCc1[nH]c(C2CN(C)CCN2C)nc(=S)c1C. The van der Waals surface area contributed by atoms with Gasteiger partial charge in [-0.15, -0.1) is 0 Å². The molecule has 5 heteroatoms. The Hall–Kier alpha value is -0.780. The van der Waals surface area contributed by atoms with E-state index in [1.165, 1.54) is 5.69 Å². The highest BCUT2D eigenvalue weighted by Gasteiger charge is 2.25. The third-order valence-corrected chi connectivity index (χ3v) is 4.19. The minimum absolute atomic E-state index is 0.316. The molecule has 0 aromatic carbocycles. The number of aromatic nitrogens is 2. The molecule has 0 amide bonds. The van der Waals surface area contributed by atoms with Gasteiger partial charge in [0, 0.05) is 30.9 Å². The highest BCUT2D eigenvalue weighted by molar-refractivity contribution is 7.71. The quantitative estimate of drug-likeness (QED) is 0.830. The Morgan fingerprint density at radius 1 is 1.39 bits per heavy atom. The molecular formula is C13H22N4S. The molecule has 1 saturated heterocycles. The van der Waals surface area contributed by atoms with E-state index in [1.54, 1.807) is 0 Å². The van der Waals surface area contributed by atoms with Crippen molar-refractivity contribution in [3.8, 4) is 0 Å². The predicted molar refractivity (Wildman–Crippen MR) is 76.4 cm³/mol. The van der Waals surface area contributed by atoms with Crippen LogP contribution in [0.3, 0.4) is 0 Å². The smallest absolute Gasteiger partial charge is 0.132 e. The van der Waals surface area contributed by atoms with Gasteiger partial charge in [-0.1, -0.05) is 19.1 Å². The molecule has 2 heterocycles. The zero-order chi connectivity index (χ0) is 13.3. The molecule has 4 nitrogen and oxygen atoms in total. The van der Waals surface area contributed by atoms with Crippen molar-refractivity contribution in [2.24, 2.45) is 0 Å². The lowest BCUT2D eigenvalue weighted by Gasteiger charge is -2.37. The van der Waals surface area contributed by atoms with Crippen LogP contribution in [-0.4, -0.2) is 53.5 Å². The summed E-state index contributed by atoms with van der Waals surface area (Å²) in [5.74, 6) is 1.01. The molecule has 0 bridgehead atoms. The van der Waals surface area contributed by atoms with Crippen molar-refractivity contribution in [2.45, 2.75) is 26.3 Å². The highest BCUT2D eigenvalue weighted by atomic mass is 32.1. The van der Waals surface area contributed by atoms with E-state index in [1.807, 2.05) is 6.92 Å². The lowest BCUT2D eigenvalue weighted by molar-refractivity contribution is 0.109. The molecule has 0 spiro atoms. The maximum Gasteiger partial charge on any atom is 0.132 e. The standard InChI is InChI=1S/C13H22N4S/c1-5-10-9(2)13(18)15-12(14-10)11-8-16(3)6-7-17(11)4/h11H,5-8H2,1-4H3,(H,14,15,18). The van der Waals surface area contributed by atoms with E-state index < -0.39 is 0 Å². The van der Waals surface area contributed by atoms with Crippen LogP contribution in [0.4, 0.5) is 0 Å². The van der Waals surface area contributed by atoms with Crippen LogP contribution in [0.25, 0.3) is 0 Å². The molecule has 1 aromatic rings. The minimum atomic E-state index is 0.316. The topological polar surface area (TPSA) is 35.2 Å². The first-order chi connectivity index (χ1) is 8.52. The van der Waals surface area contributed by atoms with E-state index in [9.17, 15) is 0 Å². The second kappa shape index (κ2) is 5.47. The van der Waals surface area contributed by atoms with Gasteiger partial charge in [0.25, 0.3) is 0 Å². The number of nitrogens with zero attached hydrogens (tertiary/aromatic N) is 3. The molecule has 0 saturated carbocycles. The first-order valence-corrected chi connectivity index (χ1v) is 6.92. The molecule has 2 rings (SSSR count). The van der Waals surface area contributed by atoms with Gasteiger partial charge in [0.2, 0.25) is 0 Å². The van der Waals surface area contributed by atoms with Gasteiger partial charge < -0.3 is 9.88 Å². The number of likely N-dealkylation sites (N-methyl/N-ethyl adjacent to an activating group) is 2. The fourth-order valence-corrected chi connectivity index (χ4v) is 2.64. The summed E-state index contributed by atoms with van der Waals surface area (Å²) < 4.78 is 0.738. The Kier molecular flexibility index (Phi) is 4.14. The summed E-state index contributed by atoms with van der Waals surface area (Å²) in [6, 6.07) is 0.316. The molecule has 1 aliphatic rings. The maximum atomic E-state index is 5.37. The molecule has 0 aliphatic carbocycles. The van der Waals surface area contributed by atoms with Crippen molar-refractivity contribution in [3.63, 3.8) is 0 Å². The van der Waals surface area contributed by atoms with Crippen LogP contribution in [0.5, 0.6) is 0 Å². The number of piperazine rings is 1. The van der Waals surface area contributed by atoms with Crippen molar-refractivity contribution in [3.05, 3.63) is 21.7 Å². The van der Waals surface area contributed by atoms with Gasteiger partial charge in [0.15, 0.2) is 0 Å². The van der Waals surface area contributed by atoms with Crippen molar-refractivity contribution in [1.29, 1.82) is 0 Å². The number of rotatable bonds is 2. The number of hydrogen-bond acceptors (Lipinski definition) is 4. The molecule has 18 heavy (non-hydrogen) atoms. The minimum Gasteiger partial charge on any atom is -0.346 e. The molecule has 1 aliphatic heterocycles. The average molecular weight is 266 g/mol. The Morgan fingerprint density at radius 2 is 2.11 bits per heavy atom. The molecule has 1 aromatic heterocycles. The Morgan fingerprint density at radius 3 is 2.78 bits per heavy atom. The largest absolute Gasteiger partial charge is 0.346 e.